The molecule has 3 heteroatoms. The summed E-state index contributed by atoms with van der Waals surface area (Å²) < 4.78 is 0. The van der Waals surface area contributed by atoms with Gasteiger partial charge in [0, 0.05) is 0 Å². The van der Waals surface area contributed by atoms with Crippen LogP contribution < -0.4 is 4.90 Å². The highest BCUT2D eigenvalue weighted by Crippen LogP contribution is 2.66. The van der Waals surface area contributed by atoms with Gasteiger partial charge in [-0.2, -0.15) is 0 Å². The largest absolute Gasteiger partial charge is 0.334 e. The lowest BCUT2D eigenvalue weighted by molar-refractivity contribution is -0.883. The molecule has 2 unspecified atom stereocenters. The Hall–Kier alpha value is -1.35. The zero-order valence-electron chi connectivity index (χ0n) is 15.5. The fraction of sp³-hybridized carbons (Fsp3) is 0.682. The molecule has 1 N–H and O–H groups in total. The normalized spacial score (nSPS) is 40.4. The Labute approximate surface area is 151 Å². The van der Waals surface area contributed by atoms with Gasteiger partial charge < -0.3 is 9.80 Å². The molecular formula is C22H31N2O+. The summed E-state index contributed by atoms with van der Waals surface area (Å²) in [7, 11) is 2.25. The first-order valence-corrected chi connectivity index (χ1v) is 10.2. The SMILES string of the molecule is C[NH+]1CCN(C(=O)C23C[C@H]4C[C@@H](C2)CC(c2ccccc2)(C4)C3)CC1. The average molecular weight is 340 g/mol. The Morgan fingerprint density at radius 2 is 1.68 bits per heavy atom. The maximum absolute atomic E-state index is 13.6. The summed E-state index contributed by atoms with van der Waals surface area (Å²) in [4.78, 5) is 17.4. The van der Waals surface area contributed by atoms with E-state index in [-0.39, 0.29) is 10.8 Å². The predicted octanol–water partition coefficient (Wildman–Crippen LogP) is 1.88. The van der Waals surface area contributed by atoms with E-state index in [9.17, 15) is 4.79 Å². The van der Waals surface area contributed by atoms with Gasteiger partial charge in [0.2, 0.25) is 5.91 Å². The van der Waals surface area contributed by atoms with Crippen molar-refractivity contribution >= 4 is 5.91 Å². The Bertz CT molecular complexity index is 648. The zero-order chi connectivity index (χ0) is 17.1. The van der Waals surface area contributed by atoms with Gasteiger partial charge in [-0.1, -0.05) is 30.3 Å². The van der Waals surface area contributed by atoms with Crippen molar-refractivity contribution in [3.8, 4) is 0 Å². The van der Waals surface area contributed by atoms with Crippen molar-refractivity contribution in [3.05, 3.63) is 35.9 Å². The standard InChI is InChI=1S/C22H30N2O/c1-23-7-9-24(10-8-23)20(25)22-14-17-11-18(15-22)13-21(12-17,16-22)19-5-3-2-4-6-19/h2-6,17-18H,7-16H2,1H3/p+1/t17-,18+,21?,22?. The lowest BCUT2D eigenvalue weighted by atomic mass is 9.42. The number of carbonyl (C=O) groups is 1. The average Bonchev–Trinajstić information content (AvgIpc) is 2.61. The summed E-state index contributed by atoms with van der Waals surface area (Å²) in [6, 6.07) is 11.1. The van der Waals surface area contributed by atoms with E-state index >= 15 is 0 Å². The third-order valence-electron chi connectivity index (χ3n) is 7.81. The molecule has 0 aromatic heterocycles. The van der Waals surface area contributed by atoms with Gasteiger partial charge in [-0.15, -0.1) is 0 Å². The molecule has 4 bridgehead atoms. The van der Waals surface area contributed by atoms with Crippen LogP contribution >= 0.6 is 0 Å². The van der Waals surface area contributed by atoms with Crippen LogP contribution in [0.5, 0.6) is 0 Å². The van der Waals surface area contributed by atoms with Crippen molar-refractivity contribution in [3.63, 3.8) is 0 Å². The van der Waals surface area contributed by atoms with Crippen LogP contribution in [-0.2, 0) is 10.2 Å². The van der Waals surface area contributed by atoms with Crippen LogP contribution in [0.3, 0.4) is 0 Å². The van der Waals surface area contributed by atoms with Crippen LogP contribution in [0.25, 0.3) is 0 Å². The van der Waals surface area contributed by atoms with Crippen LogP contribution in [-0.4, -0.2) is 44.0 Å². The fourth-order valence-electron chi connectivity index (χ4n) is 7.07. The molecule has 1 amide bonds. The number of hydrogen-bond donors (Lipinski definition) is 1. The van der Waals surface area contributed by atoms with Gasteiger partial charge >= 0.3 is 0 Å². The van der Waals surface area contributed by atoms with Crippen molar-refractivity contribution in [2.75, 3.05) is 33.2 Å². The Morgan fingerprint density at radius 3 is 2.32 bits per heavy atom. The number of benzene rings is 1. The van der Waals surface area contributed by atoms with Gasteiger partial charge in [-0.3, -0.25) is 4.79 Å². The van der Waals surface area contributed by atoms with Gasteiger partial charge in [0.05, 0.1) is 38.6 Å². The lowest BCUT2D eigenvalue weighted by Gasteiger charge is -2.62. The molecule has 134 valence electrons. The Kier molecular flexibility index (Phi) is 3.54. The van der Waals surface area contributed by atoms with Crippen molar-refractivity contribution in [2.24, 2.45) is 17.3 Å². The van der Waals surface area contributed by atoms with E-state index in [0.29, 0.717) is 5.91 Å². The van der Waals surface area contributed by atoms with Crippen molar-refractivity contribution < 1.29 is 9.69 Å². The van der Waals surface area contributed by atoms with E-state index in [1.165, 1.54) is 24.8 Å². The van der Waals surface area contributed by atoms with Gasteiger partial charge in [-0.05, 0) is 61.3 Å². The maximum atomic E-state index is 13.6. The number of amides is 1. The molecule has 1 saturated heterocycles. The lowest BCUT2D eigenvalue weighted by Crippen LogP contribution is -3.12. The molecular weight excluding hydrogens is 308 g/mol. The van der Waals surface area contributed by atoms with Crippen LogP contribution in [0, 0.1) is 17.3 Å². The fourth-order valence-corrected chi connectivity index (χ4v) is 7.07. The molecule has 0 spiro atoms. The topological polar surface area (TPSA) is 24.8 Å². The number of piperazine rings is 1. The highest BCUT2D eigenvalue weighted by molar-refractivity contribution is 5.83. The van der Waals surface area contributed by atoms with Gasteiger partial charge in [-0.25, -0.2) is 0 Å². The Morgan fingerprint density at radius 1 is 1.04 bits per heavy atom. The second kappa shape index (κ2) is 5.57. The minimum absolute atomic E-state index is 0.0504. The van der Waals surface area contributed by atoms with Gasteiger partial charge in [0.25, 0.3) is 0 Å². The van der Waals surface area contributed by atoms with Gasteiger partial charge in [0.15, 0.2) is 0 Å². The second-order valence-electron chi connectivity index (χ2n) is 9.64. The van der Waals surface area contributed by atoms with Crippen LogP contribution in [0.4, 0.5) is 0 Å². The first kappa shape index (κ1) is 15.9. The molecule has 1 aromatic rings. The monoisotopic (exact) mass is 339 g/mol. The summed E-state index contributed by atoms with van der Waals surface area (Å²) in [5, 5.41) is 0. The molecule has 4 aliphatic carbocycles. The predicted molar refractivity (Wildman–Crippen MR) is 98.4 cm³/mol. The number of nitrogens with one attached hydrogen (secondary N) is 1. The maximum Gasteiger partial charge on any atom is 0.229 e. The number of quaternary nitrogens is 1. The van der Waals surface area contributed by atoms with E-state index < -0.39 is 0 Å². The molecule has 5 aliphatic rings. The summed E-state index contributed by atoms with van der Waals surface area (Å²) >= 11 is 0. The molecule has 5 fully saturated rings. The number of hydrogen-bond acceptors (Lipinski definition) is 1. The van der Waals surface area contributed by atoms with E-state index in [1.807, 2.05) is 0 Å². The summed E-state index contributed by atoms with van der Waals surface area (Å²) in [6.45, 7) is 4.14. The summed E-state index contributed by atoms with van der Waals surface area (Å²) in [5.74, 6) is 2.04. The minimum atomic E-state index is -0.0504. The number of carbonyl (C=O) groups excluding carboxylic acids is 1. The third-order valence-corrected chi connectivity index (χ3v) is 7.81. The summed E-state index contributed by atoms with van der Waals surface area (Å²) in [6.07, 6.45) is 7.43. The van der Waals surface area contributed by atoms with E-state index in [2.05, 4.69) is 42.3 Å². The molecule has 1 heterocycles. The van der Waals surface area contributed by atoms with Crippen molar-refractivity contribution in [1.82, 2.24) is 4.90 Å². The number of rotatable bonds is 2. The van der Waals surface area contributed by atoms with Crippen molar-refractivity contribution in [2.45, 2.75) is 43.9 Å². The van der Waals surface area contributed by atoms with E-state index in [4.69, 9.17) is 0 Å². The molecule has 1 aliphatic heterocycles. The molecule has 4 atom stereocenters. The quantitative estimate of drug-likeness (QED) is 0.874. The van der Waals surface area contributed by atoms with Crippen molar-refractivity contribution in [1.29, 1.82) is 0 Å². The molecule has 3 nitrogen and oxygen atoms in total. The number of likely N-dealkylation sites (N-methyl/N-ethyl adjacent to an activating group) is 1. The highest BCUT2D eigenvalue weighted by atomic mass is 16.2. The third kappa shape index (κ3) is 2.46. The zero-order valence-corrected chi connectivity index (χ0v) is 15.5. The number of nitrogens with zero attached hydrogens (tertiary/aromatic N) is 1. The Balaban J connectivity index is 1.47. The molecule has 25 heavy (non-hydrogen) atoms. The molecule has 4 saturated carbocycles. The minimum Gasteiger partial charge on any atom is -0.334 e. The first-order valence-electron chi connectivity index (χ1n) is 10.2. The van der Waals surface area contributed by atoms with Crippen LogP contribution in [0.1, 0.15) is 44.1 Å². The van der Waals surface area contributed by atoms with E-state index in [0.717, 1.165) is 57.3 Å². The van der Waals surface area contributed by atoms with Crippen LogP contribution in [0.2, 0.25) is 0 Å². The first-order chi connectivity index (χ1) is 12.1. The molecule has 6 rings (SSSR count). The smallest absolute Gasteiger partial charge is 0.229 e. The van der Waals surface area contributed by atoms with E-state index in [1.54, 1.807) is 4.90 Å². The van der Waals surface area contributed by atoms with Gasteiger partial charge in [0.1, 0.15) is 0 Å². The van der Waals surface area contributed by atoms with Crippen LogP contribution in [0.15, 0.2) is 30.3 Å². The summed E-state index contributed by atoms with van der Waals surface area (Å²) in [5.41, 5.74) is 1.73. The highest BCUT2D eigenvalue weighted by Gasteiger charge is 2.61. The second-order valence-corrected chi connectivity index (χ2v) is 9.64. The molecule has 0 radical (unpaired) electrons. The molecule has 1 aromatic carbocycles.